The molecule has 9 heteroatoms. The summed E-state index contributed by atoms with van der Waals surface area (Å²) < 4.78 is 26.7. The number of benzene rings is 1. The third-order valence-corrected chi connectivity index (χ3v) is 6.46. The topological polar surface area (TPSA) is 92.5 Å². The summed E-state index contributed by atoms with van der Waals surface area (Å²) >= 11 is 12.1. The number of nitrogens with two attached hydrogens (primary N) is 1. The fraction of sp³-hybridized carbons (Fsp3) is 0.533. The molecule has 1 saturated heterocycles. The minimum absolute atomic E-state index is 0.156. The van der Waals surface area contributed by atoms with E-state index in [-0.39, 0.29) is 24.1 Å². The molecule has 0 radical (unpaired) electrons. The van der Waals surface area contributed by atoms with Crippen LogP contribution in [0, 0.1) is 5.92 Å². The number of nitrogens with zero attached hydrogens (tertiary/aromatic N) is 1. The second-order valence-electron chi connectivity index (χ2n) is 5.73. The molecule has 0 aromatic heterocycles. The molecule has 1 aromatic rings. The Labute approximate surface area is 152 Å². The SMILES string of the molecule is NCCNC(=O)C1CCCN(S(=O)(=O)Cc2c(Cl)cccc2Cl)C1. The molecule has 1 atom stereocenters. The highest BCUT2D eigenvalue weighted by atomic mass is 35.5. The van der Waals surface area contributed by atoms with Gasteiger partial charge in [0.25, 0.3) is 0 Å². The van der Waals surface area contributed by atoms with Crippen molar-refractivity contribution < 1.29 is 13.2 Å². The maximum Gasteiger partial charge on any atom is 0.224 e. The minimum Gasteiger partial charge on any atom is -0.355 e. The van der Waals surface area contributed by atoms with Gasteiger partial charge in [0, 0.05) is 41.8 Å². The summed E-state index contributed by atoms with van der Waals surface area (Å²) in [6.07, 6.45) is 1.30. The zero-order valence-electron chi connectivity index (χ0n) is 13.2. The van der Waals surface area contributed by atoms with Gasteiger partial charge in [-0.1, -0.05) is 29.3 Å². The number of hydrogen-bond acceptors (Lipinski definition) is 4. The Balaban J connectivity index is 2.10. The molecule has 1 aliphatic rings. The molecule has 1 heterocycles. The molecule has 0 spiro atoms. The summed E-state index contributed by atoms with van der Waals surface area (Å²) in [5, 5.41) is 3.35. The molecule has 24 heavy (non-hydrogen) atoms. The van der Waals surface area contributed by atoms with Crippen LogP contribution in [0.15, 0.2) is 18.2 Å². The Kier molecular flexibility index (Phi) is 6.88. The molecule has 1 aromatic carbocycles. The number of nitrogens with one attached hydrogen (secondary N) is 1. The van der Waals surface area contributed by atoms with Gasteiger partial charge in [-0.15, -0.1) is 0 Å². The van der Waals surface area contributed by atoms with Gasteiger partial charge in [-0.2, -0.15) is 0 Å². The van der Waals surface area contributed by atoms with E-state index in [2.05, 4.69) is 5.32 Å². The summed E-state index contributed by atoms with van der Waals surface area (Å²) in [6, 6.07) is 4.88. The fourth-order valence-corrected chi connectivity index (χ4v) is 5.05. The van der Waals surface area contributed by atoms with Crippen LogP contribution in [0.5, 0.6) is 0 Å². The minimum atomic E-state index is -3.61. The van der Waals surface area contributed by atoms with Crippen molar-refractivity contribution in [3.05, 3.63) is 33.8 Å². The van der Waals surface area contributed by atoms with Crippen LogP contribution in [0.4, 0.5) is 0 Å². The Morgan fingerprint density at radius 1 is 1.33 bits per heavy atom. The average molecular weight is 394 g/mol. The Bertz CT molecular complexity index is 677. The van der Waals surface area contributed by atoms with Crippen molar-refractivity contribution in [3.63, 3.8) is 0 Å². The lowest BCUT2D eigenvalue weighted by atomic mass is 9.99. The number of sulfonamides is 1. The third kappa shape index (κ3) is 4.83. The highest BCUT2D eigenvalue weighted by molar-refractivity contribution is 7.88. The van der Waals surface area contributed by atoms with Crippen molar-refractivity contribution in [3.8, 4) is 0 Å². The summed E-state index contributed by atoms with van der Waals surface area (Å²) in [7, 11) is -3.61. The number of carbonyl (C=O) groups is 1. The van der Waals surface area contributed by atoms with E-state index in [0.717, 1.165) is 0 Å². The molecule has 6 nitrogen and oxygen atoms in total. The van der Waals surface area contributed by atoms with Crippen LogP contribution >= 0.6 is 23.2 Å². The van der Waals surface area contributed by atoms with Crippen molar-refractivity contribution >= 4 is 39.1 Å². The molecule has 0 saturated carbocycles. The van der Waals surface area contributed by atoms with E-state index in [1.807, 2.05) is 0 Å². The molecule has 134 valence electrons. The molecule has 2 rings (SSSR count). The summed E-state index contributed by atoms with van der Waals surface area (Å²) in [6.45, 7) is 1.30. The molecule has 1 unspecified atom stereocenters. The van der Waals surface area contributed by atoms with Gasteiger partial charge >= 0.3 is 0 Å². The van der Waals surface area contributed by atoms with E-state index in [9.17, 15) is 13.2 Å². The van der Waals surface area contributed by atoms with Crippen molar-refractivity contribution in [2.75, 3.05) is 26.2 Å². The molecule has 0 aliphatic carbocycles. The summed E-state index contributed by atoms with van der Waals surface area (Å²) in [5.41, 5.74) is 5.76. The van der Waals surface area contributed by atoms with Gasteiger partial charge < -0.3 is 11.1 Å². The van der Waals surface area contributed by atoms with Gasteiger partial charge in [0.05, 0.1) is 11.7 Å². The molecular weight excluding hydrogens is 373 g/mol. The Morgan fingerprint density at radius 3 is 2.62 bits per heavy atom. The van der Waals surface area contributed by atoms with Gasteiger partial charge in [0.2, 0.25) is 15.9 Å². The highest BCUT2D eigenvalue weighted by Crippen LogP contribution is 2.28. The molecule has 3 N–H and O–H groups in total. The van der Waals surface area contributed by atoms with Gasteiger partial charge in [-0.25, -0.2) is 12.7 Å². The Morgan fingerprint density at radius 2 is 2.00 bits per heavy atom. The van der Waals surface area contributed by atoms with Crippen LogP contribution in [0.25, 0.3) is 0 Å². The maximum absolute atomic E-state index is 12.7. The molecule has 1 fully saturated rings. The van der Waals surface area contributed by atoms with Crippen molar-refractivity contribution in [1.29, 1.82) is 0 Å². The first-order valence-electron chi connectivity index (χ1n) is 7.73. The second kappa shape index (κ2) is 8.49. The Hall–Kier alpha value is -0.860. The number of hydrogen-bond donors (Lipinski definition) is 2. The van der Waals surface area contributed by atoms with Gasteiger partial charge in [-0.05, 0) is 25.0 Å². The van der Waals surface area contributed by atoms with E-state index < -0.39 is 10.0 Å². The van der Waals surface area contributed by atoms with Crippen molar-refractivity contribution in [2.45, 2.75) is 18.6 Å². The number of amides is 1. The molecule has 1 amide bonds. The number of rotatable bonds is 6. The zero-order chi connectivity index (χ0) is 17.7. The van der Waals surface area contributed by atoms with E-state index in [4.69, 9.17) is 28.9 Å². The van der Waals surface area contributed by atoms with Crippen LogP contribution in [-0.2, 0) is 20.6 Å². The normalized spacial score (nSPS) is 19.2. The first kappa shape index (κ1) is 19.5. The number of piperidine rings is 1. The quantitative estimate of drug-likeness (QED) is 0.767. The predicted octanol–water partition coefficient (Wildman–Crippen LogP) is 1.61. The fourth-order valence-electron chi connectivity index (χ4n) is 2.69. The van der Waals surface area contributed by atoms with Crippen LogP contribution in [-0.4, -0.2) is 44.8 Å². The highest BCUT2D eigenvalue weighted by Gasteiger charge is 2.32. The smallest absolute Gasteiger partial charge is 0.224 e. The molecule has 0 bridgehead atoms. The summed E-state index contributed by atoms with van der Waals surface area (Å²) in [5.74, 6) is -0.791. The lowest BCUT2D eigenvalue weighted by Crippen LogP contribution is -2.46. The van der Waals surface area contributed by atoms with Crippen molar-refractivity contribution in [2.24, 2.45) is 11.7 Å². The first-order valence-corrected chi connectivity index (χ1v) is 10.1. The van der Waals surface area contributed by atoms with E-state index in [1.54, 1.807) is 18.2 Å². The second-order valence-corrected chi connectivity index (χ2v) is 8.52. The predicted molar refractivity (Wildman–Crippen MR) is 95.4 cm³/mol. The van der Waals surface area contributed by atoms with Crippen LogP contribution < -0.4 is 11.1 Å². The maximum atomic E-state index is 12.7. The molecular formula is C15H21Cl2N3O3S. The lowest BCUT2D eigenvalue weighted by molar-refractivity contribution is -0.126. The van der Waals surface area contributed by atoms with Crippen molar-refractivity contribution in [1.82, 2.24) is 9.62 Å². The van der Waals surface area contributed by atoms with E-state index in [0.29, 0.717) is 48.1 Å². The van der Waals surface area contributed by atoms with Crippen LogP contribution in [0.2, 0.25) is 10.0 Å². The average Bonchev–Trinajstić information content (AvgIpc) is 2.56. The van der Waals surface area contributed by atoms with E-state index in [1.165, 1.54) is 4.31 Å². The summed E-state index contributed by atoms with van der Waals surface area (Å²) in [4.78, 5) is 12.1. The van der Waals surface area contributed by atoms with Gasteiger partial charge in [-0.3, -0.25) is 4.79 Å². The van der Waals surface area contributed by atoms with Crippen LogP contribution in [0.3, 0.4) is 0 Å². The zero-order valence-corrected chi connectivity index (χ0v) is 15.5. The molecule has 1 aliphatic heterocycles. The lowest BCUT2D eigenvalue weighted by Gasteiger charge is -2.31. The standard InChI is InChI=1S/C15H21Cl2N3O3S/c16-13-4-1-5-14(17)12(13)10-24(22,23)20-8-2-3-11(9-20)15(21)19-7-6-18/h1,4-5,11H,2-3,6-10,18H2,(H,19,21). The van der Waals surface area contributed by atoms with Gasteiger partial charge in [0.15, 0.2) is 0 Å². The number of carbonyl (C=O) groups excluding carboxylic acids is 1. The largest absolute Gasteiger partial charge is 0.355 e. The number of halogens is 2. The third-order valence-electron chi connectivity index (χ3n) is 3.98. The first-order chi connectivity index (χ1) is 11.3. The van der Waals surface area contributed by atoms with Gasteiger partial charge in [0.1, 0.15) is 0 Å². The van der Waals surface area contributed by atoms with Crippen LogP contribution in [0.1, 0.15) is 18.4 Å². The van der Waals surface area contributed by atoms with E-state index >= 15 is 0 Å². The monoisotopic (exact) mass is 393 g/mol.